The molecule has 21 heavy (non-hydrogen) atoms. The minimum absolute atomic E-state index is 0.765. The van der Waals surface area contributed by atoms with Gasteiger partial charge in [-0.05, 0) is 17.7 Å². The van der Waals surface area contributed by atoms with E-state index in [4.69, 9.17) is 4.74 Å². The minimum Gasteiger partial charge on any atom is -0.497 e. The first kappa shape index (κ1) is 13.2. The number of hydrogen-bond acceptors (Lipinski definition) is 3. The Labute approximate surface area is 124 Å². The molecule has 0 aliphatic heterocycles. The van der Waals surface area contributed by atoms with Gasteiger partial charge in [-0.2, -0.15) is 5.10 Å². The number of hydrogen-bond donors (Lipinski definition) is 1. The Hall–Kier alpha value is -2.75. The summed E-state index contributed by atoms with van der Waals surface area (Å²) in [5.74, 6) is 0.830. The predicted molar refractivity (Wildman–Crippen MR) is 84.0 cm³/mol. The summed E-state index contributed by atoms with van der Waals surface area (Å²) >= 11 is 0. The fourth-order valence-electron chi connectivity index (χ4n) is 2.15. The van der Waals surface area contributed by atoms with Crippen molar-refractivity contribution in [1.29, 1.82) is 0 Å². The Morgan fingerprint density at radius 3 is 2.71 bits per heavy atom. The van der Waals surface area contributed by atoms with Gasteiger partial charge in [0.05, 0.1) is 25.5 Å². The molecule has 0 amide bonds. The molecule has 4 heteroatoms. The Balaban J connectivity index is 1.70. The quantitative estimate of drug-likeness (QED) is 0.774. The van der Waals surface area contributed by atoms with Crippen molar-refractivity contribution in [3.8, 4) is 5.75 Å². The average molecular weight is 279 g/mol. The van der Waals surface area contributed by atoms with E-state index in [-0.39, 0.29) is 0 Å². The van der Waals surface area contributed by atoms with Gasteiger partial charge in [0, 0.05) is 18.0 Å². The molecule has 3 aromatic rings. The van der Waals surface area contributed by atoms with Crippen LogP contribution in [0.2, 0.25) is 0 Å². The van der Waals surface area contributed by atoms with Gasteiger partial charge < -0.3 is 10.1 Å². The zero-order valence-electron chi connectivity index (χ0n) is 11.9. The number of rotatable bonds is 5. The molecular weight excluding hydrogens is 262 g/mol. The van der Waals surface area contributed by atoms with Gasteiger partial charge in [0.2, 0.25) is 0 Å². The van der Waals surface area contributed by atoms with Crippen LogP contribution in [0.25, 0.3) is 0 Å². The molecule has 1 heterocycles. The lowest BCUT2D eigenvalue weighted by atomic mass is 10.2. The average Bonchev–Trinajstić information content (AvgIpc) is 2.95. The van der Waals surface area contributed by atoms with Crippen LogP contribution in [-0.4, -0.2) is 16.9 Å². The van der Waals surface area contributed by atoms with Crippen molar-refractivity contribution in [2.45, 2.75) is 6.54 Å². The Bertz CT molecular complexity index is 707. The molecule has 0 unspecified atom stereocenters. The third kappa shape index (κ3) is 3.42. The maximum Gasteiger partial charge on any atom is 0.120 e. The fourth-order valence-corrected chi connectivity index (χ4v) is 2.15. The maximum atomic E-state index is 5.22. The minimum atomic E-state index is 0.765. The van der Waals surface area contributed by atoms with Gasteiger partial charge in [0.15, 0.2) is 0 Å². The smallest absolute Gasteiger partial charge is 0.120 e. The monoisotopic (exact) mass is 279 g/mol. The SMILES string of the molecule is COc1cccc(Nc2cnn(Cc3ccccc3)c2)c1. The molecule has 0 spiro atoms. The van der Waals surface area contributed by atoms with E-state index in [2.05, 4.69) is 22.5 Å². The van der Waals surface area contributed by atoms with Crippen molar-refractivity contribution in [3.05, 3.63) is 72.6 Å². The van der Waals surface area contributed by atoms with Gasteiger partial charge in [-0.3, -0.25) is 4.68 Å². The highest BCUT2D eigenvalue weighted by atomic mass is 16.5. The maximum absolute atomic E-state index is 5.22. The third-order valence-corrected chi connectivity index (χ3v) is 3.18. The molecule has 4 nitrogen and oxygen atoms in total. The predicted octanol–water partition coefficient (Wildman–Crippen LogP) is 3.68. The Kier molecular flexibility index (Phi) is 3.87. The molecule has 0 bridgehead atoms. The Morgan fingerprint density at radius 1 is 1.05 bits per heavy atom. The van der Waals surface area contributed by atoms with Crippen LogP contribution in [0.5, 0.6) is 5.75 Å². The van der Waals surface area contributed by atoms with Crippen molar-refractivity contribution >= 4 is 11.4 Å². The molecule has 0 atom stereocenters. The molecule has 1 aromatic heterocycles. The number of aromatic nitrogens is 2. The number of methoxy groups -OCH3 is 1. The number of nitrogens with one attached hydrogen (secondary N) is 1. The normalized spacial score (nSPS) is 10.3. The molecule has 0 saturated carbocycles. The van der Waals surface area contributed by atoms with Crippen molar-refractivity contribution in [2.75, 3.05) is 12.4 Å². The highest BCUT2D eigenvalue weighted by Gasteiger charge is 2.01. The highest BCUT2D eigenvalue weighted by molar-refractivity contribution is 5.59. The molecule has 106 valence electrons. The summed E-state index contributed by atoms with van der Waals surface area (Å²) in [6, 6.07) is 18.1. The first-order chi connectivity index (χ1) is 10.3. The van der Waals surface area contributed by atoms with Gasteiger partial charge in [-0.15, -0.1) is 0 Å². The second-order valence-electron chi connectivity index (χ2n) is 4.77. The van der Waals surface area contributed by atoms with Gasteiger partial charge in [0.25, 0.3) is 0 Å². The van der Waals surface area contributed by atoms with E-state index in [0.29, 0.717) is 0 Å². The molecule has 0 aliphatic carbocycles. The summed E-state index contributed by atoms with van der Waals surface area (Å²) < 4.78 is 7.13. The van der Waals surface area contributed by atoms with Crippen molar-refractivity contribution in [2.24, 2.45) is 0 Å². The fraction of sp³-hybridized carbons (Fsp3) is 0.118. The van der Waals surface area contributed by atoms with Crippen LogP contribution in [0.4, 0.5) is 11.4 Å². The lowest BCUT2D eigenvalue weighted by molar-refractivity contribution is 0.415. The molecular formula is C17H17N3O. The summed E-state index contributed by atoms with van der Waals surface area (Å²) in [4.78, 5) is 0. The van der Waals surface area contributed by atoms with Crippen LogP contribution >= 0.6 is 0 Å². The van der Waals surface area contributed by atoms with E-state index in [9.17, 15) is 0 Å². The standard InChI is InChI=1S/C17H17N3O/c1-21-17-9-5-8-15(10-17)19-16-11-18-20(13-16)12-14-6-3-2-4-7-14/h2-11,13,19H,12H2,1H3. The third-order valence-electron chi connectivity index (χ3n) is 3.18. The summed E-state index contributed by atoms with van der Waals surface area (Å²) in [7, 11) is 1.66. The van der Waals surface area contributed by atoms with Crippen LogP contribution in [0.3, 0.4) is 0 Å². The first-order valence-electron chi connectivity index (χ1n) is 6.81. The number of nitrogens with zero attached hydrogens (tertiary/aromatic N) is 2. The number of anilines is 2. The molecule has 0 aliphatic rings. The zero-order chi connectivity index (χ0) is 14.5. The van der Waals surface area contributed by atoms with E-state index in [0.717, 1.165) is 23.7 Å². The van der Waals surface area contributed by atoms with Crippen molar-refractivity contribution < 1.29 is 4.74 Å². The Morgan fingerprint density at radius 2 is 1.90 bits per heavy atom. The lowest BCUT2D eigenvalue weighted by Gasteiger charge is -2.05. The van der Waals surface area contributed by atoms with E-state index in [1.807, 2.05) is 59.5 Å². The molecule has 0 fully saturated rings. The van der Waals surface area contributed by atoms with Gasteiger partial charge in [-0.25, -0.2) is 0 Å². The molecule has 1 N–H and O–H groups in total. The highest BCUT2D eigenvalue weighted by Crippen LogP contribution is 2.21. The second-order valence-corrected chi connectivity index (χ2v) is 4.77. The van der Waals surface area contributed by atoms with E-state index >= 15 is 0 Å². The molecule has 0 saturated heterocycles. The summed E-state index contributed by atoms with van der Waals surface area (Å²) in [6.07, 6.45) is 3.81. The summed E-state index contributed by atoms with van der Waals surface area (Å²) in [6.45, 7) is 0.765. The summed E-state index contributed by atoms with van der Waals surface area (Å²) in [5.41, 5.74) is 3.17. The molecule has 2 aromatic carbocycles. The van der Waals surface area contributed by atoms with Crippen molar-refractivity contribution in [3.63, 3.8) is 0 Å². The van der Waals surface area contributed by atoms with Gasteiger partial charge in [-0.1, -0.05) is 36.4 Å². The topological polar surface area (TPSA) is 39.1 Å². The largest absolute Gasteiger partial charge is 0.497 e. The van der Waals surface area contributed by atoms with E-state index in [1.165, 1.54) is 5.56 Å². The first-order valence-corrected chi connectivity index (χ1v) is 6.81. The summed E-state index contributed by atoms with van der Waals surface area (Å²) in [5, 5.41) is 7.69. The van der Waals surface area contributed by atoms with Crippen LogP contribution in [0, 0.1) is 0 Å². The molecule has 0 radical (unpaired) electrons. The lowest BCUT2D eigenvalue weighted by Crippen LogP contribution is -1.99. The number of benzene rings is 2. The van der Waals surface area contributed by atoms with Gasteiger partial charge >= 0.3 is 0 Å². The number of ether oxygens (including phenoxy) is 1. The van der Waals surface area contributed by atoms with E-state index < -0.39 is 0 Å². The van der Waals surface area contributed by atoms with Crippen LogP contribution in [0.15, 0.2) is 67.0 Å². The van der Waals surface area contributed by atoms with Crippen LogP contribution in [-0.2, 0) is 6.54 Å². The molecule has 3 rings (SSSR count). The van der Waals surface area contributed by atoms with Crippen LogP contribution < -0.4 is 10.1 Å². The van der Waals surface area contributed by atoms with Crippen LogP contribution in [0.1, 0.15) is 5.56 Å². The van der Waals surface area contributed by atoms with E-state index in [1.54, 1.807) is 7.11 Å². The van der Waals surface area contributed by atoms with Crippen molar-refractivity contribution in [1.82, 2.24) is 9.78 Å². The van der Waals surface area contributed by atoms with Gasteiger partial charge in [0.1, 0.15) is 5.75 Å². The second kappa shape index (κ2) is 6.13. The zero-order valence-corrected chi connectivity index (χ0v) is 11.9.